The van der Waals surface area contributed by atoms with Crippen LogP contribution in [0.3, 0.4) is 0 Å². The Morgan fingerprint density at radius 2 is 2.06 bits per heavy atom. The Hall–Kier alpha value is -1.13. The van der Waals surface area contributed by atoms with Crippen LogP contribution in [-0.2, 0) is 6.54 Å². The monoisotopic (exact) mass is 251 g/mol. The third kappa shape index (κ3) is 3.68. The van der Waals surface area contributed by atoms with Gasteiger partial charge in [0.1, 0.15) is 5.82 Å². The van der Waals surface area contributed by atoms with Gasteiger partial charge >= 0.3 is 0 Å². The van der Waals surface area contributed by atoms with Crippen LogP contribution >= 0.6 is 0 Å². The van der Waals surface area contributed by atoms with Crippen molar-refractivity contribution in [2.45, 2.75) is 19.4 Å². The lowest BCUT2D eigenvalue weighted by atomic mass is 10.1. The molecule has 2 N–H and O–H groups in total. The molecule has 0 unspecified atom stereocenters. The van der Waals surface area contributed by atoms with E-state index in [1.165, 1.54) is 38.1 Å². The van der Waals surface area contributed by atoms with E-state index in [4.69, 9.17) is 5.73 Å². The van der Waals surface area contributed by atoms with Crippen molar-refractivity contribution >= 4 is 5.69 Å². The zero-order valence-electron chi connectivity index (χ0n) is 11.0. The van der Waals surface area contributed by atoms with Crippen LogP contribution in [0.15, 0.2) is 18.2 Å². The first-order chi connectivity index (χ1) is 8.65. The number of nitrogen functional groups attached to an aromatic ring is 1. The summed E-state index contributed by atoms with van der Waals surface area (Å²) < 4.78 is 12.9. The number of nitrogens with zero attached hydrogens (tertiary/aromatic N) is 2. The van der Waals surface area contributed by atoms with Crippen LogP contribution in [0.4, 0.5) is 10.1 Å². The van der Waals surface area contributed by atoms with E-state index in [1.54, 1.807) is 6.07 Å². The molecule has 1 aromatic rings. The molecule has 1 aromatic carbocycles. The molecule has 0 aliphatic carbocycles. The van der Waals surface area contributed by atoms with Crippen LogP contribution < -0.4 is 5.73 Å². The molecule has 18 heavy (non-hydrogen) atoms. The van der Waals surface area contributed by atoms with Crippen molar-refractivity contribution in [1.29, 1.82) is 0 Å². The van der Waals surface area contributed by atoms with Gasteiger partial charge in [0.15, 0.2) is 0 Å². The summed E-state index contributed by atoms with van der Waals surface area (Å²) in [5, 5.41) is 0. The second kappa shape index (κ2) is 6.16. The number of benzene rings is 1. The summed E-state index contributed by atoms with van der Waals surface area (Å²) >= 11 is 0. The number of likely N-dealkylation sites (tertiary alicyclic amines) is 1. The first-order valence-corrected chi connectivity index (χ1v) is 6.60. The molecule has 1 fully saturated rings. The van der Waals surface area contributed by atoms with E-state index in [-0.39, 0.29) is 5.82 Å². The molecule has 0 atom stereocenters. The number of halogens is 1. The van der Waals surface area contributed by atoms with Gasteiger partial charge in [-0.3, -0.25) is 0 Å². The molecule has 0 bridgehead atoms. The molecule has 2 rings (SSSR count). The molecule has 1 saturated heterocycles. The van der Waals surface area contributed by atoms with Crippen molar-refractivity contribution in [3.05, 3.63) is 29.6 Å². The molecule has 0 amide bonds. The van der Waals surface area contributed by atoms with Crippen LogP contribution in [0.5, 0.6) is 0 Å². The highest BCUT2D eigenvalue weighted by Crippen LogP contribution is 2.15. The first-order valence-electron chi connectivity index (χ1n) is 6.60. The lowest BCUT2D eigenvalue weighted by molar-refractivity contribution is 0.252. The quantitative estimate of drug-likeness (QED) is 0.812. The van der Waals surface area contributed by atoms with Crippen LogP contribution in [0.25, 0.3) is 0 Å². The summed E-state index contributed by atoms with van der Waals surface area (Å²) in [6, 6.07) is 4.64. The number of hydrogen-bond acceptors (Lipinski definition) is 3. The maximum absolute atomic E-state index is 12.9. The summed E-state index contributed by atoms with van der Waals surface area (Å²) in [5.74, 6) is -0.268. The number of anilines is 1. The maximum atomic E-state index is 12.9. The summed E-state index contributed by atoms with van der Waals surface area (Å²) in [6.07, 6.45) is 2.66. The van der Waals surface area contributed by atoms with Crippen LogP contribution in [0, 0.1) is 5.82 Å². The highest BCUT2D eigenvalue weighted by Gasteiger charge is 2.12. The highest BCUT2D eigenvalue weighted by atomic mass is 19.1. The Bertz CT molecular complexity index is 389. The fraction of sp³-hybridized carbons (Fsp3) is 0.571. The Morgan fingerprint density at radius 1 is 1.33 bits per heavy atom. The number of nitrogens with two attached hydrogens (primary N) is 1. The van der Waals surface area contributed by atoms with Gasteiger partial charge in [-0.2, -0.15) is 0 Å². The lowest BCUT2D eigenvalue weighted by Crippen LogP contribution is -2.31. The van der Waals surface area contributed by atoms with Crippen LogP contribution in [-0.4, -0.2) is 43.0 Å². The predicted molar refractivity (Wildman–Crippen MR) is 72.8 cm³/mol. The zero-order chi connectivity index (χ0) is 13.0. The van der Waals surface area contributed by atoms with E-state index < -0.39 is 0 Å². The Labute approximate surface area is 108 Å². The minimum absolute atomic E-state index is 0.268. The zero-order valence-corrected chi connectivity index (χ0v) is 11.0. The van der Waals surface area contributed by atoms with Crippen molar-refractivity contribution < 1.29 is 4.39 Å². The molecular formula is C14H22FN3. The predicted octanol–water partition coefficient (Wildman–Crippen LogP) is 1.94. The van der Waals surface area contributed by atoms with E-state index >= 15 is 0 Å². The summed E-state index contributed by atoms with van der Waals surface area (Å²) in [4.78, 5) is 4.73. The third-order valence-electron chi connectivity index (χ3n) is 3.54. The second-order valence-electron chi connectivity index (χ2n) is 5.13. The molecule has 4 heteroatoms. The van der Waals surface area contributed by atoms with Gasteiger partial charge < -0.3 is 15.5 Å². The lowest BCUT2D eigenvalue weighted by Gasteiger charge is -2.21. The number of likely N-dealkylation sites (N-methyl/N-ethyl adjacent to an activating group) is 1. The fourth-order valence-corrected chi connectivity index (χ4v) is 2.40. The first kappa shape index (κ1) is 13.3. The van der Waals surface area contributed by atoms with E-state index in [0.717, 1.165) is 25.2 Å². The largest absolute Gasteiger partial charge is 0.398 e. The molecule has 0 aromatic heterocycles. The number of rotatable bonds is 5. The average Bonchev–Trinajstić information content (AvgIpc) is 2.83. The molecular weight excluding hydrogens is 229 g/mol. The van der Waals surface area contributed by atoms with Gasteiger partial charge in [0.05, 0.1) is 0 Å². The Balaban J connectivity index is 1.80. The van der Waals surface area contributed by atoms with E-state index in [1.807, 2.05) is 0 Å². The molecule has 1 heterocycles. The minimum atomic E-state index is -0.268. The van der Waals surface area contributed by atoms with Gasteiger partial charge in [0.2, 0.25) is 0 Å². The van der Waals surface area contributed by atoms with Gasteiger partial charge in [-0.1, -0.05) is 6.07 Å². The molecule has 3 nitrogen and oxygen atoms in total. The van der Waals surface area contributed by atoms with Crippen molar-refractivity contribution in [3.63, 3.8) is 0 Å². The average molecular weight is 251 g/mol. The van der Waals surface area contributed by atoms with E-state index in [9.17, 15) is 4.39 Å². The SMILES string of the molecule is CN(CCN1CCCC1)Cc1ccc(F)cc1N. The van der Waals surface area contributed by atoms with Gasteiger partial charge in [0.25, 0.3) is 0 Å². The summed E-state index contributed by atoms with van der Waals surface area (Å²) in [7, 11) is 2.08. The van der Waals surface area contributed by atoms with Gasteiger partial charge in [-0.05, 0) is 50.7 Å². The fourth-order valence-electron chi connectivity index (χ4n) is 2.40. The highest BCUT2D eigenvalue weighted by molar-refractivity contribution is 5.46. The van der Waals surface area contributed by atoms with Crippen LogP contribution in [0.2, 0.25) is 0 Å². The summed E-state index contributed by atoms with van der Waals surface area (Å²) in [6.45, 7) is 5.37. The molecule has 0 radical (unpaired) electrons. The van der Waals surface area contributed by atoms with Crippen molar-refractivity contribution in [1.82, 2.24) is 9.80 Å². The van der Waals surface area contributed by atoms with Gasteiger partial charge in [0, 0.05) is 25.3 Å². The normalized spacial score (nSPS) is 16.6. The summed E-state index contributed by atoms with van der Waals surface area (Å²) in [5.41, 5.74) is 7.36. The van der Waals surface area contributed by atoms with Gasteiger partial charge in [-0.25, -0.2) is 4.39 Å². The molecule has 1 aliphatic rings. The molecule has 0 spiro atoms. The van der Waals surface area contributed by atoms with E-state index in [0.29, 0.717) is 5.69 Å². The van der Waals surface area contributed by atoms with Gasteiger partial charge in [-0.15, -0.1) is 0 Å². The minimum Gasteiger partial charge on any atom is -0.398 e. The van der Waals surface area contributed by atoms with E-state index in [2.05, 4.69) is 16.8 Å². The van der Waals surface area contributed by atoms with Crippen molar-refractivity contribution in [2.75, 3.05) is 39.0 Å². The smallest absolute Gasteiger partial charge is 0.125 e. The van der Waals surface area contributed by atoms with Crippen molar-refractivity contribution in [2.24, 2.45) is 0 Å². The third-order valence-corrected chi connectivity index (χ3v) is 3.54. The second-order valence-corrected chi connectivity index (χ2v) is 5.13. The van der Waals surface area contributed by atoms with Crippen molar-refractivity contribution in [3.8, 4) is 0 Å². The standard InChI is InChI=1S/C14H22FN3/c1-17(8-9-18-6-2-3-7-18)11-12-4-5-13(15)10-14(12)16/h4-5,10H,2-3,6-9,11,16H2,1H3. The molecule has 0 saturated carbocycles. The Morgan fingerprint density at radius 3 is 2.72 bits per heavy atom. The Kier molecular flexibility index (Phi) is 4.55. The molecule has 1 aliphatic heterocycles. The molecule has 100 valence electrons. The maximum Gasteiger partial charge on any atom is 0.125 e. The van der Waals surface area contributed by atoms with Crippen LogP contribution in [0.1, 0.15) is 18.4 Å². The number of hydrogen-bond donors (Lipinski definition) is 1. The topological polar surface area (TPSA) is 32.5 Å².